The van der Waals surface area contributed by atoms with Crippen molar-refractivity contribution in [1.29, 1.82) is 0 Å². The van der Waals surface area contributed by atoms with Crippen LogP contribution in [0.4, 0.5) is 4.39 Å². The van der Waals surface area contributed by atoms with E-state index in [0.29, 0.717) is 17.1 Å². The molecule has 1 nitrogen and oxygen atoms in total. The van der Waals surface area contributed by atoms with Crippen LogP contribution in [0.1, 0.15) is 23.6 Å². The Kier molecular flexibility index (Phi) is 4.44. The molecule has 0 spiro atoms. The minimum Gasteiger partial charge on any atom is -0.306 e. The molecule has 0 saturated carbocycles. The number of rotatable bonds is 3. The summed E-state index contributed by atoms with van der Waals surface area (Å²) in [5.41, 5.74) is 2.34. The van der Waals surface area contributed by atoms with Gasteiger partial charge in [-0.25, -0.2) is 4.39 Å². The van der Waals surface area contributed by atoms with E-state index in [4.69, 9.17) is 0 Å². The number of benzene rings is 2. The highest BCUT2D eigenvalue weighted by Crippen LogP contribution is 2.35. The van der Waals surface area contributed by atoms with Crippen LogP contribution in [0, 0.1) is 5.82 Å². The summed E-state index contributed by atoms with van der Waals surface area (Å²) in [4.78, 5) is 1.36. The van der Waals surface area contributed by atoms with Gasteiger partial charge in [0.1, 0.15) is 5.82 Å². The van der Waals surface area contributed by atoms with Crippen LogP contribution in [0.5, 0.6) is 0 Å². The second kappa shape index (κ2) is 6.29. The minimum atomic E-state index is -0.205. The molecule has 1 unspecified atom stereocenters. The van der Waals surface area contributed by atoms with E-state index in [0.717, 1.165) is 17.7 Å². The average molecular weight is 352 g/mol. The summed E-state index contributed by atoms with van der Waals surface area (Å²) in [5.74, 6) is 0.924. The van der Waals surface area contributed by atoms with E-state index < -0.39 is 0 Å². The highest BCUT2D eigenvalue weighted by atomic mass is 79.9. The summed E-state index contributed by atoms with van der Waals surface area (Å²) in [7, 11) is 0. The zero-order chi connectivity index (χ0) is 13.9. The Morgan fingerprint density at radius 1 is 1.25 bits per heavy atom. The largest absolute Gasteiger partial charge is 0.306 e. The van der Waals surface area contributed by atoms with Gasteiger partial charge in [-0.3, -0.25) is 0 Å². The van der Waals surface area contributed by atoms with E-state index in [9.17, 15) is 4.39 Å². The van der Waals surface area contributed by atoms with Crippen molar-refractivity contribution in [2.45, 2.75) is 23.9 Å². The third-order valence-electron chi connectivity index (χ3n) is 3.50. The minimum absolute atomic E-state index is 0.205. The van der Waals surface area contributed by atoms with E-state index in [1.54, 1.807) is 12.1 Å². The molecule has 1 aliphatic heterocycles. The number of hydrogen-bond acceptors (Lipinski definition) is 2. The van der Waals surface area contributed by atoms with E-state index in [1.165, 1.54) is 10.5 Å². The fourth-order valence-electron chi connectivity index (χ4n) is 2.44. The first-order chi connectivity index (χ1) is 9.74. The van der Waals surface area contributed by atoms with Gasteiger partial charge in [0.05, 0.1) is 4.47 Å². The van der Waals surface area contributed by atoms with Crippen molar-refractivity contribution in [1.82, 2.24) is 5.32 Å². The molecule has 1 aliphatic rings. The smallest absolute Gasteiger partial charge is 0.137 e. The Labute approximate surface area is 131 Å². The standard InChI is InChI=1S/C16H15BrFNS/c17-13-6-5-11(9-14(13)18)10-19-15-7-8-20-16-4-2-1-3-12(15)16/h1-6,9,15,19H,7-8,10H2. The molecule has 0 radical (unpaired) electrons. The molecule has 20 heavy (non-hydrogen) atoms. The number of halogens is 2. The van der Waals surface area contributed by atoms with Crippen molar-refractivity contribution >= 4 is 27.7 Å². The lowest BCUT2D eigenvalue weighted by molar-refractivity contribution is 0.508. The molecular weight excluding hydrogens is 337 g/mol. The van der Waals surface area contributed by atoms with Gasteiger partial charge in [-0.15, -0.1) is 11.8 Å². The molecule has 1 heterocycles. The van der Waals surface area contributed by atoms with Crippen molar-refractivity contribution in [3.63, 3.8) is 0 Å². The number of nitrogens with one attached hydrogen (secondary N) is 1. The predicted octanol–water partition coefficient (Wildman–Crippen LogP) is 4.91. The summed E-state index contributed by atoms with van der Waals surface area (Å²) in [6.07, 6.45) is 1.11. The van der Waals surface area contributed by atoms with Crippen molar-refractivity contribution in [2.75, 3.05) is 5.75 Å². The summed E-state index contributed by atoms with van der Waals surface area (Å²) < 4.78 is 14.0. The molecule has 2 aromatic rings. The Hall–Kier alpha value is -0.840. The second-order valence-corrected chi connectivity index (χ2v) is 6.85. The van der Waals surface area contributed by atoms with Gasteiger partial charge in [0, 0.05) is 17.5 Å². The maximum atomic E-state index is 13.5. The molecule has 0 aliphatic carbocycles. The number of fused-ring (bicyclic) bond motifs is 1. The van der Waals surface area contributed by atoms with Crippen LogP contribution in [0.25, 0.3) is 0 Å². The third-order valence-corrected chi connectivity index (χ3v) is 5.26. The van der Waals surface area contributed by atoms with Gasteiger partial charge >= 0.3 is 0 Å². The Balaban J connectivity index is 1.71. The van der Waals surface area contributed by atoms with Crippen LogP contribution in [-0.4, -0.2) is 5.75 Å². The van der Waals surface area contributed by atoms with Crippen LogP contribution >= 0.6 is 27.7 Å². The van der Waals surface area contributed by atoms with Gasteiger partial charge in [0.25, 0.3) is 0 Å². The Morgan fingerprint density at radius 3 is 2.95 bits per heavy atom. The van der Waals surface area contributed by atoms with Crippen molar-refractivity contribution in [2.24, 2.45) is 0 Å². The lowest BCUT2D eigenvalue weighted by atomic mass is 10.0. The SMILES string of the molecule is Fc1cc(CNC2CCSc3ccccc32)ccc1Br. The Bertz CT molecular complexity index is 617. The van der Waals surface area contributed by atoms with Crippen molar-refractivity contribution in [3.05, 3.63) is 63.9 Å². The van der Waals surface area contributed by atoms with Gasteiger partial charge in [0.15, 0.2) is 0 Å². The van der Waals surface area contributed by atoms with Gasteiger partial charge in [0.2, 0.25) is 0 Å². The lowest BCUT2D eigenvalue weighted by Gasteiger charge is -2.26. The van der Waals surface area contributed by atoms with Gasteiger partial charge < -0.3 is 5.32 Å². The molecule has 4 heteroatoms. The first kappa shape index (κ1) is 14.1. The first-order valence-electron chi connectivity index (χ1n) is 6.63. The zero-order valence-corrected chi connectivity index (χ0v) is 13.3. The summed E-state index contributed by atoms with van der Waals surface area (Å²) >= 11 is 5.09. The zero-order valence-electron chi connectivity index (χ0n) is 10.9. The maximum absolute atomic E-state index is 13.5. The van der Waals surface area contributed by atoms with Crippen LogP contribution in [0.3, 0.4) is 0 Å². The topological polar surface area (TPSA) is 12.0 Å². The molecule has 1 N–H and O–H groups in total. The lowest BCUT2D eigenvalue weighted by Crippen LogP contribution is -2.24. The highest BCUT2D eigenvalue weighted by molar-refractivity contribution is 9.10. The quantitative estimate of drug-likeness (QED) is 0.842. The summed E-state index contributed by atoms with van der Waals surface area (Å²) in [5, 5.41) is 3.55. The van der Waals surface area contributed by atoms with Crippen LogP contribution in [0.15, 0.2) is 51.8 Å². The summed E-state index contributed by atoms with van der Waals surface area (Å²) in [6.45, 7) is 0.688. The molecule has 3 rings (SSSR count). The molecule has 2 aromatic carbocycles. The van der Waals surface area contributed by atoms with Crippen LogP contribution in [0.2, 0.25) is 0 Å². The molecule has 0 aromatic heterocycles. The Morgan fingerprint density at radius 2 is 2.10 bits per heavy atom. The molecule has 0 saturated heterocycles. The second-order valence-electron chi connectivity index (χ2n) is 4.86. The monoisotopic (exact) mass is 351 g/mol. The number of hydrogen-bond donors (Lipinski definition) is 1. The maximum Gasteiger partial charge on any atom is 0.137 e. The van der Waals surface area contributed by atoms with Crippen LogP contribution in [-0.2, 0) is 6.54 Å². The van der Waals surface area contributed by atoms with E-state index in [2.05, 4.69) is 45.5 Å². The van der Waals surface area contributed by atoms with Crippen molar-refractivity contribution < 1.29 is 4.39 Å². The van der Waals surface area contributed by atoms with Crippen molar-refractivity contribution in [3.8, 4) is 0 Å². The average Bonchev–Trinajstić information content (AvgIpc) is 2.48. The molecule has 1 atom stereocenters. The van der Waals surface area contributed by atoms with Gasteiger partial charge in [-0.05, 0) is 57.4 Å². The first-order valence-corrected chi connectivity index (χ1v) is 8.41. The molecule has 104 valence electrons. The molecule has 0 amide bonds. The molecule has 0 bridgehead atoms. The number of thioether (sulfide) groups is 1. The van der Waals surface area contributed by atoms with E-state index >= 15 is 0 Å². The normalized spacial score (nSPS) is 17.8. The van der Waals surface area contributed by atoms with E-state index in [-0.39, 0.29) is 5.82 Å². The van der Waals surface area contributed by atoms with Gasteiger partial charge in [-0.2, -0.15) is 0 Å². The van der Waals surface area contributed by atoms with Crippen LogP contribution < -0.4 is 5.32 Å². The predicted molar refractivity (Wildman–Crippen MR) is 85.5 cm³/mol. The summed E-state index contributed by atoms with van der Waals surface area (Å²) in [6, 6.07) is 14.2. The fraction of sp³-hybridized carbons (Fsp3) is 0.250. The molecular formula is C16H15BrFNS. The highest BCUT2D eigenvalue weighted by Gasteiger charge is 2.19. The third kappa shape index (κ3) is 3.08. The fourth-order valence-corrected chi connectivity index (χ4v) is 3.82. The molecule has 0 fully saturated rings. The van der Waals surface area contributed by atoms with E-state index in [1.807, 2.05) is 17.8 Å². The van der Waals surface area contributed by atoms with Gasteiger partial charge in [-0.1, -0.05) is 24.3 Å².